The van der Waals surface area contributed by atoms with Crippen LogP contribution >= 0.6 is 0 Å². The lowest BCUT2D eigenvalue weighted by Crippen LogP contribution is -2.36. The Morgan fingerprint density at radius 2 is 1.94 bits per heavy atom. The normalized spacial score (nSPS) is 13.2. The van der Waals surface area contributed by atoms with E-state index in [2.05, 4.69) is 32.7 Å². The van der Waals surface area contributed by atoms with Gasteiger partial charge in [-0.25, -0.2) is 4.79 Å². The molecule has 0 bridgehead atoms. The van der Waals surface area contributed by atoms with Crippen molar-refractivity contribution >= 4 is 5.97 Å². The van der Waals surface area contributed by atoms with Gasteiger partial charge in [0, 0.05) is 12.6 Å². The molecule has 0 fully saturated rings. The van der Waals surface area contributed by atoms with Crippen molar-refractivity contribution in [3.05, 3.63) is 0 Å². The van der Waals surface area contributed by atoms with Crippen molar-refractivity contribution in [2.45, 2.75) is 33.7 Å². The summed E-state index contributed by atoms with van der Waals surface area (Å²) >= 11 is 0. The zero-order valence-corrected chi connectivity index (χ0v) is 11.2. The number of carbonyl (C=O) groups is 1. The minimum atomic E-state index is -0.290. The van der Waals surface area contributed by atoms with Gasteiger partial charge >= 0.3 is 5.97 Å². The molecule has 0 spiro atoms. The largest absolute Gasteiger partial charge is 0.464 e. The number of rotatable bonds is 8. The van der Waals surface area contributed by atoms with Crippen molar-refractivity contribution in [2.24, 2.45) is 5.92 Å². The molecule has 0 N–H and O–H groups in total. The summed E-state index contributed by atoms with van der Waals surface area (Å²) in [4.78, 5) is 13.2. The van der Waals surface area contributed by atoms with Gasteiger partial charge in [0.1, 0.15) is 6.61 Å². The van der Waals surface area contributed by atoms with Crippen molar-refractivity contribution in [3.63, 3.8) is 0 Å². The monoisotopic (exact) mass is 231 g/mol. The van der Waals surface area contributed by atoms with E-state index in [1.165, 1.54) is 0 Å². The number of carbonyl (C=O) groups excluding carboxylic acids is 1. The Kier molecular flexibility index (Phi) is 8.21. The first-order chi connectivity index (χ1) is 7.49. The zero-order valence-electron chi connectivity index (χ0n) is 11.2. The van der Waals surface area contributed by atoms with Crippen LogP contribution in [0.3, 0.4) is 0 Å². The van der Waals surface area contributed by atoms with Crippen LogP contribution in [0.1, 0.15) is 27.7 Å². The molecule has 0 aliphatic rings. The van der Waals surface area contributed by atoms with Gasteiger partial charge in [-0.1, -0.05) is 13.8 Å². The van der Waals surface area contributed by atoms with Crippen LogP contribution in [0.5, 0.6) is 0 Å². The summed E-state index contributed by atoms with van der Waals surface area (Å²) < 4.78 is 9.99. The van der Waals surface area contributed by atoms with E-state index in [0.29, 0.717) is 25.2 Å². The van der Waals surface area contributed by atoms with E-state index in [9.17, 15) is 4.79 Å². The van der Waals surface area contributed by atoms with Gasteiger partial charge in [-0.3, -0.25) is 0 Å². The lowest BCUT2D eigenvalue weighted by Gasteiger charge is -2.27. The average Bonchev–Trinajstić information content (AvgIpc) is 2.23. The van der Waals surface area contributed by atoms with Crippen LogP contribution in [0.15, 0.2) is 0 Å². The lowest BCUT2D eigenvalue weighted by molar-refractivity contribution is -0.148. The summed E-state index contributed by atoms with van der Waals surface area (Å²) in [5.74, 6) is 0.331. The maximum Gasteiger partial charge on any atom is 0.332 e. The summed E-state index contributed by atoms with van der Waals surface area (Å²) in [5.41, 5.74) is 0. The molecule has 1 atom stereocenters. The van der Waals surface area contributed by atoms with Crippen LogP contribution < -0.4 is 0 Å². The molecule has 0 saturated heterocycles. The third kappa shape index (κ3) is 6.80. The molecule has 0 saturated carbocycles. The number of likely N-dealkylation sites (N-methyl/N-ethyl adjacent to an activating group) is 1. The fourth-order valence-electron chi connectivity index (χ4n) is 1.28. The summed E-state index contributed by atoms with van der Waals surface area (Å²) in [7, 11) is 2.07. The summed E-state index contributed by atoms with van der Waals surface area (Å²) in [6.07, 6.45) is 0. The number of esters is 1. The number of hydrogen-bond donors (Lipinski definition) is 0. The van der Waals surface area contributed by atoms with E-state index >= 15 is 0 Å². The van der Waals surface area contributed by atoms with Crippen LogP contribution in [0, 0.1) is 5.92 Å². The third-order valence-corrected chi connectivity index (χ3v) is 2.77. The maximum absolute atomic E-state index is 11.0. The number of ether oxygens (including phenoxy) is 2. The number of hydrogen-bond acceptors (Lipinski definition) is 4. The van der Waals surface area contributed by atoms with Crippen LogP contribution in [0.25, 0.3) is 0 Å². The molecule has 0 aromatic carbocycles. The van der Waals surface area contributed by atoms with E-state index < -0.39 is 0 Å². The highest BCUT2D eigenvalue weighted by atomic mass is 16.6. The van der Waals surface area contributed by atoms with Crippen LogP contribution in [0.4, 0.5) is 0 Å². The molecule has 0 heterocycles. The van der Waals surface area contributed by atoms with Gasteiger partial charge in [0.25, 0.3) is 0 Å². The van der Waals surface area contributed by atoms with E-state index in [-0.39, 0.29) is 12.6 Å². The SMILES string of the molecule is CCOC(=O)COCCN(C)C(C)C(C)C. The lowest BCUT2D eigenvalue weighted by atomic mass is 10.1. The first-order valence-electron chi connectivity index (χ1n) is 5.92. The summed E-state index contributed by atoms with van der Waals surface area (Å²) in [6.45, 7) is 10.2. The Balaban J connectivity index is 3.55. The molecule has 0 radical (unpaired) electrons. The highest BCUT2D eigenvalue weighted by molar-refractivity contribution is 5.70. The molecule has 0 rings (SSSR count). The molecule has 0 aromatic rings. The second kappa shape index (κ2) is 8.53. The quantitative estimate of drug-likeness (QED) is 0.469. The van der Waals surface area contributed by atoms with E-state index in [1.54, 1.807) is 6.92 Å². The van der Waals surface area contributed by atoms with Gasteiger partial charge in [0.15, 0.2) is 0 Å². The molecule has 0 amide bonds. The maximum atomic E-state index is 11.0. The fourth-order valence-corrected chi connectivity index (χ4v) is 1.28. The van der Waals surface area contributed by atoms with Gasteiger partial charge in [-0.05, 0) is 26.8 Å². The first-order valence-corrected chi connectivity index (χ1v) is 5.92. The van der Waals surface area contributed by atoms with Gasteiger partial charge in [-0.2, -0.15) is 0 Å². The molecular formula is C12H25NO3. The fraction of sp³-hybridized carbons (Fsp3) is 0.917. The molecular weight excluding hydrogens is 206 g/mol. The molecule has 0 aliphatic carbocycles. The minimum Gasteiger partial charge on any atom is -0.464 e. The molecule has 0 aliphatic heterocycles. The van der Waals surface area contributed by atoms with Crippen LogP contribution in [0.2, 0.25) is 0 Å². The predicted octanol–water partition coefficient (Wildman–Crippen LogP) is 1.54. The highest BCUT2D eigenvalue weighted by Gasteiger charge is 2.12. The Morgan fingerprint density at radius 3 is 2.44 bits per heavy atom. The van der Waals surface area contributed by atoms with Crippen molar-refractivity contribution in [1.29, 1.82) is 0 Å². The van der Waals surface area contributed by atoms with Gasteiger partial charge < -0.3 is 14.4 Å². The Morgan fingerprint density at radius 1 is 1.31 bits per heavy atom. The van der Waals surface area contributed by atoms with Gasteiger partial charge in [0.05, 0.1) is 13.2 Å². The first kappa shape index (κ1) is 15.4. The van der Waals surface area contributed by atoms with E-state index in [1.807, 2.05) is 0 Å². The van der Waals surface area contributed by atoms with E-state index in [0.717, 1.165) is 6.54 Å². The summed E-state index contributed by atoms with van der Waals surface area (Å²) in [6, 6.07) is 0.520. The van der Waals surface area contributed by atoms with Gasteiger partial charge in [0.2, 0.25) is 0 Å². The van der Waals surface area contributed by atoms with E-state index in [4.69, 9.17) is 9.47 Å². The third-order valence-electron chi connectivity index (χ3n) is 2.77. The number of nitrogens with zero attached hydrogens (tertiary/aromatic N) is 1. The molecule has 4 heteroatoms. The van der Waals surface area contributed by atoms with Crippen LogP contribution in [-0.4, -0.2) is 50.3 Å². The van der Waals surface area contributed by atoms with Crippen molar-refractivity contribution < 1.29 is 14.3 Å². The predicted molar refractivity (Wildman–Crippen MR) is 64.4 cm³/mol. The molecule has 0 aromatic heterocycles. The topological polar surface area (TPSA) is 38.8 Å². The Bertz CT molecular complexity index is 195. The smallest absolute Gasteiger partial charge is 0.332 e. The second-order valence-corrected chi connectivity index (χ2v) is 4.32. The average molecular weight is 231 g/mol. The molecule has 16 heavy (non-hydrogen) atoms. The van der Waals surface area contributed by atoms with Crippen LogP contribution in [-0.2, 0) is 14.3 Å². The van der Waals surface area contributed by atoms with Gasteiger partial charge in [-0.15, -0.1) is 0 Å². The minimum absolute atomic E-state index is 0.0533. The summed E-state index contributed by atoms with van der Waals surface area (Å²) in [5, 5.41) is 0. The van der Waals surface area contributed by atoms with Crippen molar-refractivity contribution in [1.82, 2.24) is 4.90 Å². The Hall–Kier alpha value is -0.610. The van der Waals surface area contributed by atoms with Crippen molar-refractivity contribution in [3.8, 4) is 0 Å². The molecule has 1 unspecified atom stereocenters. The molecule has 4 nitrogen and oxygen atoms in total. The second-order valence-electron chi connectivity index (χ2n) is 4.32. The standard InChI is InChI=1S/C12H25NO3/c1-6-16-12(14)9-15-8-7-13(5)11(4)10(2)3/h10-11H,6-9H2,1-5H3. The van der Waals surface area contributed by atoms with Crippen molar-refractivity contribution in [2.75, 3.05) is 33.4 Å². The zero-order chi connectivity index (χ0) is 12.6. The Labute approximate surface area is 98.9 Å². The highest BCUT2D eigenvalue weighted by Crippen LogP contribution is 2.06. The molecule has 96 valence electrons.